The van der Waals surface area contributed by atoms with Crippen LogP contribution in [0.1, 0.15) is 26.2 Å². The number of urea groups is 1. The zero-order valence-electron chi connectivity index (χ0n) is 10.5. The van der Waals surface area contributed by atoms with Crippen molar-refractivity contribution in [2.75, 3.05) is 11.4 Å². The van der Waals surface area contributed by atoms with E-state index in [4.69, 9.17) is 11.1 Å². The highest BCUT2D eigenvalue weighted by Crippen LogP contribution is 2.11. The fraction of sp³-hybridized carbons (Fsp3) is 0.417. The smallest absolute Gasteiger partial charge is 0.328 e. The van der Waals surface area contributed by atoms with E-state index in [9.17, 15) is 4.79 Å². The van der Waals surface area contributed by atoms with Gasteiger partial charge in [0.25, 0.3) is 0 Å². The summed E-state index contributed by atoms with van der Waals surface area (Å²) >= 11 is 0. The topological polar surface area (TPSA) is 95.1 Å². The van der Waals surface area contributed by atoms with Gasteiger partial charge in [0.2, 0.25) is 5.96 Å². The van der Waals surface area contributed by atoms with Crippen LogP contribution in [0.2, 0.25) is 0 Å². The minimum Gasteiger partial charge on any atom is -0.369 e. The lowest BCUT2D eigenvalue weighted by Gasteiger charge is -2.20. The maximum Gasteiger partial charge on any atom is 0.328 e. The minimum atomic E-state index is -0.384. The first-order valence-corrected chi connectivity index (χ1v) is 5.98. The summed E-state index contributed by atoms with van der Waals surface area (Å²) in [5.41, 5.74) is 5.96. The number of carbonyl (C=O) groups excluding carboxylic acids is 1. The monoisotopic (exact) mass is 249 g/mol. The van der Waals surface area contributed by atoms with Crippen LogP contribution in [0, 0.1) is 5.41 Å². The summed E-state index contributed by atoms with van der Waals surface area (Å²) in [4.78, 5) is 16.9. The molecule has 0 radical (unpaired) electrons. The molecule has 0 aromatic carbocycles. The Kier molecular flexibility index (Phi) is 5.63. The van der Waals surface area contributed by atoms with Crippen LogP contribution in [0.5, 0.6) is 0 Å². The van der Waals surface area contributed by atoms with E-state index in [1.807, 2.05) is 0 Å². The van der Waals surface area contributed by atoms with Gasteiger partial charge in [-0.15, -0.1) is 0 Å². The lowest BCUT2D eigenvalue weighted by molar-refractivity contribution is 0.248. The van der Waals surface area contributed by atoms with E-state index in [1.165, 1.54) is 0 Å². The number of pyridine rings is 1. The summed E-state index contributed by atoms with van der Waals surface area (Å²) in [7, 11) is 0. The van der Waals surface area contributed by atoms with Gasteiger partial charge in [0.15, 0.2) is 0 Å². The van der Waals surface area contributed by atoms with Crippen LogP contribution in [-0.4, -0.2) is 23.5 Å². The Balaban J connectivity index is 2.63. The van der Waals surface area contributed by atoms with Gasteiger partial charge in [-0.3, -0.25) is 10.4 Å². The number of rotatable bonds is 5. The number of guanidine groups is 1. The van der Waals surface area contributed by atoms with E-state index in [0.717, 1.165) is 24.2 Å². The number of nitrogens with zero attached hydrogens (tertiary/aromatic N) is 2. The van der Waals surface area contributed by atoms with Gasteiger partial charge < -0.3 is 11.1 Å². The number of amides is 2. The first kappa shape index (κ1) is 14.0. The van der Waals surface area contributed by atoms with Crippen molar-refractivity contribution < 1.29 is 4.79 Å². The van der Waals surface area contributed by atoms with Gasteiger partial charge in [-0.05, 0) is 18.6 Å². The lowest BCUT2D eigenvalue weighted by Crippen LogP contribution is -2.47. The normalized spacial score (nSPS) is 9.83. The summed E-state index contributed by atoms with van der Waals surface area (Å²) in [6.45, 7) is 2.68. The Bertz CT molecular complexity index is 393. The molecule has 4 N–H and O–H groups in total. The summed E-state index contributed by atoms with van der Waals surface area (Å²) in [6, 6.07) is 2.88. The summed E-state index contributed by atoms with van der Waals surface area (Å²) in [5, 5.41) is 10.2. The molecule has 0 unspecified atom stereocenters. The van der Waals surface area contributed by atoms with Crippen molar-refractivity contribution in [3.05, 3.63) is 24.5 Å². The van der Waals surface area contributed by atoms with Crippen molar-refractivity contribution in [1.29, 1.82) is 5.41 Å². The molecule has 6 heteroatoms. The molecule has 0 saturated carbocycles. The molecule has 0 saturated heterocycles. The Labute approximate surface area is 107 Å². The molecule has 1 aromatic heterocycles. The Hall–Kier alpha value is -2.11. The molecule has 98 valence electrons. The summed E-state index contributed by atoms with van der Waals surface area (Å²) < 4.78 is 0. The number of carbonyl (C=O) groups is 1. The van der Waals surface area contributed by atoms with E-state index < -0.39 is 0 Å². The van der Waals surface area contributed by atoms with Crippen molar-refractivity contribution in [3.63, 3.8) is 0 Å². The first-order valence-electron chi connectivity index (χ1n) is 5.98. The van der Waals surface area contributed by atoms with Crippen molar-refractivity contribution >= 4 is 17.7 Å². The average Bonchev–Trinajstić information content (AvgIpc) is 2.36. The van der Waals surface area contributed by atoms with Crippen molar-refractivity contribution in [2.45, 2.75) is 26.2 Å². The number of anilines is 1. The standard InChI is InChI=1S/C12H19N5O/c1-2-3-4-7-16-12(18)17(11(13)14)10-5-8-15-9-6-10/h5-6,8-9H,2-4,7H2,1H3,(H3,13,14)(H,16,18). The van der Waals surface area contributed by atoms with Gasteiger partial charge in [0.1, 0.15) is 0 Å². The largest absolute Gasteiger partial charge is 0.369 e. The van der Waals surface area contributed by atoms with Gasteiger partial charge >= 0.3 is 6.03 Å². The van der Waals surface area contributed by atoms with E-state index in [2.05, 4.69) is 17.2 Å². The van der Waals surface area contributed by atoms with Crippen LogP contribution in [0.3, 0.4) is 0 Å². The molecule has 6 nitrogen and oxygen atoms in total. The quantitative estimate of drug-likeness (QED) is 0.421. The molecule has 18 heavy (non-hydrogen) atoms. The van der Waals surface area contributed by atoms with E-state index in [0.29, 0.717) is 12.2 Å². The minimum absolute atomic E-state index is 0.311. The van der Waals surface area contributed by atoms with Crippen LogP contribution >= 0.6 is 0 Å². The molecule has 1 rings (SSSR count). The number of hydrogen-bond donors (Lipinski definition) is 3. The summed E-state index contributed by atoms with van der Waals surface area (Å²) in [5.74, 6) is -0.311. The van der Waals surface area contributed by atoms with E-state index in [1.54, 1.807) is 24.5 Å². The molecule has 0 spiro atoms. The zero-order valence-corrected chi connectivity index (χ0v) is 10.5. The van der Waals surface area contributed by atoms with Gasteiger partial charge in [0, 0.05) is 18.9 Å². The number of hydrogen-bond acceptors (Lipinski definition) is 3. The third kappa shape index (κ3) is 4.04. The predicted octanol–water partition coefficient (Wildman–Crippen LogP) is 1.68. The zero-order chi connectivity index (χ0) is 13.4. The molecule has 0 aliphatic heterocycles. The second-order valence-electron chi connectivity index (χ2n) is 3.87. The number of aromatic nitrogens is 1. The number of unbranched alkanes of at least 4 members (excludes halogenated alkanes) is 2. The Morgan fingerprint density at radius 1 is 1.44 bits per heavy atom. The molecule has 0 aliphatic carbocycles. The maximum absolute atomic E-state index is 11.9. The third-order valence-electron chi connectivity index (χ3n) is 2.42. The van der Waals surface area contributed by atoms with Gasteiger partial charge in [-0.2, -0.15) is 0 Å². The molecule has 0 bridgehead atoms. The van der Waals surface area contributed by atoms with E-state index >= 15 is 0 Å². The Morgan fingerprint density at radius 2 is 2.11 bits per heavy atom. The van der Waals surface area contributed by atoms with Crippen molar-refractivity contribution in [3.8, 4) is 0 Å². The van der Waals surface area contributed by atoms with Crippen LogP contribution in [0.15, 0.2) is 24.5 Å². The average molecular weight is 249 g/mol. The predicted molar refractivity (Wildman–Crippen MR) is 71.6 cm³/mol. The number of nitrogens with two attached hydrogens (primary N) is 1. The highest BCUT2D eigenvalue weighted by atomic mass is 16.2. The van der Waals surface area contributed by atoms with Crippen LogP contribution in [-0.2, 0) is 0 Å². The van der Waals surface area contributed by atoms with Crippen LogP contribution in [0.4, 0.5) is 10.5 Å². The van der Waals surface area contributed by atoms with Crippen LogP contribution in [0.25, 0.3) is 0 Å². The molecule has 0 fully saturated rings. The summed E-state index contributed by atoms with van der Waals surface area (Å²) in [6.07, 6.45) is 6.18. The Morgan fingerprint density at radius 3 is 2.67 bits per heavy atom. The van der Waals surface area contributed by atoms with Crippen LogP contribution < -0.4 is 16.0 Å². The third-order valence-corrected chi connectivity index (χ3v) is 2.42. The number of nitrogens with one attached hydrogen (secondary N) is 2. The van der Waals surface area contributed by atoms with Crippen molar-refractivity contribution in [2.24, 2.45) is 5.73 Å². The molecular formula is C12H19N5O. The highest BCUT2D eigenvalue weighted by molar-refractivity contribution is 6.13. The molecular weight excluding hydrogens is 230 g/mol. The SMILES string of the molecule is CCCCCNC(=O)N(C(=N)N)c1ccncc1. The fourth-order valence-electron chi connectivity index (χ4n) is 1.51. The molecule has 0 atom stereocenters. The molecule has 0 aliphatic rings. The van der Waals surface area contributed by atoms with Gasteiger partial charge in [-0.25, -0.2) is 9.69 Å². The second kappa shape index (κ2) is 7.26. The second-order valence-corrected chi connectivity index (χ2v) is 3.87. The lowest BCUT2D eigenvalue weighted by atomic mass is 10.2. The maximum atomic E-state index is 11.9. The fourth-order valence-corrected chi connectivity index (χ4v) is 1.51. The van der Waals surface area contributed by atoms with Crippen molar-refractivity contribution in [1.82, 2.24) is 10.3 Å². The van der Waals surface area contributed by atoms with Gasteiger partial charge in [-0.1, -0.05) is 19.8 Å². The molecule has 1 heterocycles. The van der Waals surface area contributed by atoms with Gasteiger partial charge in [0.05, 0.1) is 5.69 Å². The first-order chi connectivity index (χ1) is 8.66. The molecule has 2 amide bonds. The van der Waals surface area contributed by atoms with E-state index in [-0.39, 0.29) is 12.0 Å². The highest BCUT2D eigenvalue weighted by Gasteiger charge is 2.17. The molecule has 1 aromatic rings.